The monoisotopic (exact) mass is 288 g/mol. The standard InChI is InChI=1S/C21H36/c1-4-10-18(11-5-1)16-21(20-14-8-3-9-15-20)17-19-12-6-2-7-13-19/h1,4,18-21H,2-3,5-17H2. The minimum absolute atomic E-state index is 1.02. The van der Waals surface area contributed by atoms with Gasteiger partial charge in [-0.25, -0.2) is 0 Å². The van der Waals surface area contributed by atoms with E-state index in [1.807, 2.05) is 0 Å². The number of allylic oxidation sites excluding steroid dienone is 2. The molecular formula is C21H36. The number of rotatable bonds is 5. The van der Waals surface area contributed by atoms with Crippen molar-refractivity contribution in [3.05, 3.63) is 12.2 Å². The minimum atomic E-state index is 1.02. The molecule has 0 nitrogen and oxygen atoms in total. The zero-order chi connectivity index (χ0) is 14.3. The lowest BCUT2D eigenvalue weighted by atomic mass is 9.69. The Morgan fingerprint density at radius 1 is 0.667 bits per heavy atom. The molecule has 0 heterocycles. The molecule has 3 aliphatic rings. The summed E-state index contributed by atoms with van der Waals surface area (Å²) in [5, 5.41) is 0. The average molecular weight is 289 g/mol. The highest BCUT2D eigenvalue weighted by Crippen LogP contribution is 2.41. The lowest BCUT2D eigenvalue weighted by Crippen LogP contribution is -2.24. The molecule has 0 heteroatoms. The Labute approximate surface area is 132 Å². The summed E-state index contributed by atoms with van der Waals surface area (Å²) in [6.45, 7) is 0. The van der Waals surface area contributed by atoms with Crippen LogP contribution in [-0.2, 0) is 0 Å². The predicted molar refractivity (Wildman–Crippen MR) is 92.4 cm³/mol. The first-order valence-corrected chi connectivity index (χ1v) is 10.1. The van der Waals surface area contributed by atoms with E-state index in [1.165, 1.54) is 57.8 Å². The minimum Gasteiger partial charge on any atom is -0.0885 e. The summed E-state index contributed by atoms with van der Waals surface area (Å²) in [4.78, 5) is 0. The third kappa shape index (κ3) is 4.86. The van der Waals surface area contributed by atoms with Gasteiger partial charge in [-0.3, -0.25) is 0 Å². The molecular weight excluding hydrogens is 252 g/mol. The third-order valence-electron chi connectivity index (χ3n) is 6.69. The van der Waals surface area contributed by atoms with Crippen LogP contribution < -0.4 is 0 Å². The van der Waals surface area contributed by atoms with Gasteiger partial charge in [-0.15, -0.1) is 0 Å². The second kappa shape index (κ2) is 8.39. The highest BCUT2D eigenvalue weighted by molar-refractivity contribution is 4.91. The first-order chi connectivity index (χ1) is 10.4. The summed E-state index contributed by atoms with van der Waals surface area (Å²) < 4.78 is 0. The Bertz CT molecular complexity index is 304. The van der Waals surface area contributed by atoms with Gasteiger partial charge in [0.1, 0.15) is 0 Å². The van der Waals surface area contributed by atoms with E-state index in [-0.39, 0.29) is 0 Å². The van der Waals surface area contributed by atoms with Crippen molar-refractivity contribution in [3.63, 3.8) is 0 Å². The molecule has 2 unspecified atom stereocenters. The molecule has 0 aliphatic heterocycles. The molecule has 2 fully saturated rings. The van der Waals surface area contributed by atoms with Crippen LogP contribution in [0.25, 0.3) is 0 Å². The zero-order valence-corrected chi connectivity index (χ0v) is 14.1. The van der Waals surface area contributed by atoms with Gasteiger partial charge in [-0.2, -0.15) is 0 Å². The quantitative estimate of drug-likeness (QED) is 0.483. The van der Waals surface area contributed by atoms with Crippen molar-refractivity contribution in [3.8, 4) is 0 Å². The van der Waals surface area contributed by atoms with Crippen LogP contribution in [-0.4, -0.2) is 0 Å². The van der Waals surface area contributed by atoms with Gasteiger partial charge in [0.15, 0.2) is 0 Å². The van der Waals surface area contributed by atoms with E-state index >= 15 is 0 Å². The number of hydrogen-bond acceptors (Lipinski definition) is 0. The van der Waals surface area contributed by atoms with Crippen LogP contribution in [0.4, 0.5) is 0 Å². The van der Waals surface area contributed by atoms with Crippen molar-refractivity contribution in [2.75, 3.05) is 0 Å². The highest BCUT2D eigenvalue weighted by Gasteiger charge is 2.29. The Hall–Kier alpha value is -0.260. The van der Waals surface area contributed by atoms with E-state index < -0.39 is 0 Å². The highest BCUT2D eigenvalue weighted by atomic mass is 14.3. The van der Waals surface area contributed by atoms with Gasteiger partial charge in [-0.05, 0) is 55.8 Å². The molecule has 21 heavy (non-hydrogen) atoms. The second-order valence-electron chi connectivity index (χ2n) is 8.28. The van der Waals surface area contributed by atoms with Crippen molar-refractivity contribution in [2.24, 2.45) is 23.7 Å². The Balaban J connectivity index is 1.56. The summed E-state index contributed by atoms with van der Waals surface area (Å²) in [6.07, 6.45) is 27.6. The van der Waals surface area contributed by atoms with Gasteiger partial charge < -0.3 is 0 Å². The van der Waals surface area contributed by atoms with E-state index in [9.17, 15) is 0 Å². The largest absolute Gasteiger partial charge is 0.0885 e. The SMILES string of the molecule is C1=CCC(CC(CC2CCCCC2)C2CCCCC2)CC1. The average Bonchev–Trinajstić information content (AvgIpc) is 2.57. The van der Waals surface area contributed by atoms with Crippen molar-refractivity contribution in [2.45, 2.75) is 96.3 Å². The van der Waals surface area contributed by atoms with Crippen molar-refractivity contribution in [1.82, 2.24) is 0 Å². The van der Waals surface area contributed by atoms with Gasteiger partial charge in [0.05, 0.1) is 0 Å². The van der Waals surface area contributed by atoms with E-state index in [4.69, 9.17) is 0 Å². The summed E-state index contributed by atoms with van der Waals surface area (Å²) in [6, 6.07) is 0. The zero-order valence-electron chi connectivity index (χ0n) is 14.1. The maximum Gasteiger partial charge on any atom is -0.0322 e. The molecule has 0 spiro atoms. The van der Waals surface area contributed by atoms with Crippen LogP contribution in [0.2, 0.25) is 0 Å². The molecule has 0 aromatic heterocycles. The van der Waals surface area contributed by atoms with Crippen molar-refractivity contribution in [1.29, 1.82) is 0 Å². The Kier molecular flexibility index (Phi) is 6.25. The van der Waals surface area contributed by atoms with Gasteiger partial charge in [0.2, 0.25) is 0 Å². The summed E-state index contributed by atoms with van der Waals surface area (Å²) >= 11 is 0. The van der Waals surface area contributed by atoms with Gasteiger partial charge >= 0.3 is 0 Å². The fraction of sp³-hybridized carbons (Fsp3) is 0.905. The molecule has 0 bridgehead atoms. The molecule has 3 aliphatic carbocycles. The summed E-state index contributed by atoms with van der Waals surface area (Å²) in [7, 11) is 0. The normalized spacial score (nSPS) is 30.4. The summed E-state index contributed by atoms with van der Waals surface area (Å²) in [5.41, 5.74) is 0. The van der Waals surface area contributed by atoms with Crippen LogP contribution in [0.15, 0.2) is 12.2 Å². The maximum atomic E-state index is 2.46. The van der Waals surface area contributed by atoms with Gasteiger partial charge in [-0.1, -0.05) is 76.4 Å². The van der Waals surface area contributed by atoms with Crippen LogP contribution in [0, 0.1) is 23.7 Å². The molecule has 0 radical (unpaired) electrons. The summed E-state index contributed by atoms with van der Waals surface area (Å²) in [5.74, 6) is 4.27. The van der Waals surface area contributed by atoms with Crippen LogP contribution >= 0.6 is 0 Å². The van der Waals surface area contributed by atoms with Gasteiger partial charge in [0.25, 0.3) is 0 Å². The fourth-order valence-electron chi connectivity index (χ4n) is 5.44. The molecule has 3 rings (SSSR count). The first-order valence-electron chi connectivity index (χ1n) is 10.1. The van der Waals surface area contributed by atoms with E-state index in [1.54, 1.807) is 38.5 Å². The Morgan fingerprint density at radius 2 is 1.33 bits per heavy atom. The smallest absolute Gasteiger partial charge is 0.0322 e. The third-order valence-corrected chi connectivity index (χ3v) is 6.69. The lowest BCUT2D eigenvalue weighted by molar-refractivity contribution is 0.158. The van der Waals surface area contributed by atoms with Crippen LogP contribution in [0.3, 0.4) is 0 Å². The first kappa shape index (κ1) is 15.6. The van der Waals surface area contributed by atoms with Crippen molar-refractivity contribution < 1.29 is 0 Å². The molecule has 0 aromatic carbocycles. The van der Waals surface area contributed by atoms with Crippen LogP contribution in [0.1, 0.15) is 96.3 Å². The van der Waals surface area contributed by atoms with E-state index in [2.05, 4.69) is 12.2 Å². The topological polar surface area (TPSA) is 0 Å². The van der Waals surface area contributed by atoms with E-state index in [0.29, 0.717) is 0 Å². The second-order valence-corrected chi connectivity index (χ2v) is 8.28. The van der Waals surface area contributed by atoms with Crippen LogP contribution in [0.5, 0.6) is 0 Å². The lowest BCUT2D eigenvalue weighted by Gasteiger charge is -2.36. The fourth-order valence-corrected chi connectivity index (χ4v) is 5.44. The van der Waals surface area contributed by atoms with Crippen molar-refractivity contribution >= 4 is 0 Å². The maximum absolute atomic E-state index is 2.46. The Morgan fingerprint density at radius 3 is 2.00 bits per heavy atom. The molecule has 120 valence electrons. The predicted octanol–water partition coefficient (Wildman–Crippen LogP) is 6.90. The van der Waals surface area contributed by atoms with Gasteiger partial charge in [0, 0.05) is 0 Å². The molecule has 0 amide bonds. The molecule has 2 atom stereocenters. The number of hydrogen-bond donors (Lipinski definition) is 0. The van der Waals surface area contributed by atoms with E-state index in [0.717, 1.165) is 23.7 Å². The molecule has 0 saturated heterocycles. The molecule has 2 saturated carbocycles. The molecule has 0 aromatic rings. The molecule has 0 N–H and O–H groups in total.